The quantitative estimate of drug-likeness (QED) is 0.0858. The average Bonchev–Trinajstić information content (AvgIpc) is 2.97. The van der Waals surface area contributed by atoms with E-state index in [9.17, 15) is 0 Å². The van der Waals surface area contributed by atoms with Crippen molar-refractivity contribution >= 4 is 391 Å². The van der Waals surface area contributed by atoms with Crippen LogP contribution in [-0.2, 0) is 0 Å². The van der Waals surface area contributed by atoms with E-state index >= 15 is 0 Å². The van der Waals surface area contributed by atoms with Gasteiger partial charge in [0.15, 0.2) is 0 Å². The standard InChI is InChI=1S/CHB55/c2-34(3)48(30)53(43(20)21)33(54(55(44(22)23)45(24)25)56(46(26)27)47(28)29)1(31(49(35(4)5)36(6)7)50(37(8)9)38(10)11)32(51(39(12)13)40(14)15)52(41(16)17)42(18)19/h1H. The van der Waals surface area contributed by atoms with Gasteiger partial charge in [-0.15, -0.1) is 5.62 Å². The highest BCUT2D eigenvalue weighted by molar-refractivity contribution is 8.23. The fraction of sp³-hybridized carbons (Fsp3) is 1.00. The summed E-state index contributed by atoms with van der Waals surface area (Å²) in [6.45, 7) is -4.14. The van der Waals surface area contributed by atoms with Gasteiger partial charge in [0.2, 0.25) is 0 Å². The molecule has 0 aromatic rings. The van der Waals surface area contributed by atoms with Crippen LogP contribution in [0.25, 0.3) is 0 Å². The molecule has 0 spiro atoms. The zero-order valence-electron chi connectivity index (χ0n) is 32.3. The van der Waals surface area contributed by atoms with E-state index in [4.69, 9.17) is 224 Å². The third-order valence-electron chi connectivity index (χ3n) is 11.6. The molecule has 0 fully saturated rings. The minimum atomic E-state index is -1.48. The molecule has 0 N–H and O–H groups in total. The molecule has 0 aliphatic rings. The van der Waals surface area contributed by atoms with Crippen LogP contribution in [0.5, 0.6) is 0 Å². The van der Waals surface area contributed by atoms with Crippen molar-refractivity contribution in [3.8, 4) is 0 Å². The molecule has 0 bridgehead atoms. The first-order chi connectivity index (χ1) is 25.4. The van der Waals surface area contributed by atoms with Crippen molar-refractivity contribution in [3.63, 3.8) is 0 Å². The summed E-state index contributed by atoms with van der Waals surface area (Å²) in [5.41, 5.74) is -1.43. The monoisotopic (exact) mass is 619 g/mol. The van der Waals surface area contributed by atoms with Crippen LogP contribution in [-0.4, -0.2) is 391 Å². The van der Waals surface area contributed by atoms with E-state index in [1.165, 1.54) is 0 Å². The van der Waals surface area contributed by atoms with Crippen molar-refractivity contribution in [2.75, 3.05) is 0 Å². The fourth-order valence-electron chi connectivity index (χ4n) is 9.49. The molecule has 56 heavy (non-hydrogen) atoms. The molecule has 0 aromatic heterocycles. The van der Waals surface area contributed by atoms with Crippen LogP contribution in [0, 0.1) is 0 Å². The van der Waals surface area contributed by atoms with Crippen molar-refractivity contribution in [2.24, 2.45) is 0 Å². The Morgan fingerprint density at radius 3 is 0.464 bits per heavy atom. The highest BCUT2D eigenvalue weighted by Crippen LogP contribution is 2.33. The van der Waals surface area contributed by atoms with Gasteiger partial charge in [0.25, 0.3) is 0 Å². The molecule has 0 amide bonds. The summed E-state index contributed by atoms with van der Waals surface area (Å²) in [5.74, 6) is 0. The van der Waals surface area contributed by atoms with Gasteiger partial charge in [-0.05, 0) is 0 Å². The van der Waals surface area contributed by atoms with Gasteiger partial charge in [0, 0.05) is 391 Å². The van der Waals surface area contributed by atoms with Crippen LogP contribution in [0.1, 0.15) is 0 Å². The Balaban J connectivity index is 10.2. The van der Waals surface area contributed by atoms with Crippen LogP contribution in [0.2, 0.25) is 5.62 Å². The van der Waals surface area contributed by atoms with E-state index in [1.54, 1.807) is 0 Å². The minimum absolute atomic E-state index is 1.28. The van der Waals surface area contributed by atoms with Gasteiger partial charge in [-0.3, -0.25) is 0 Å². The Morgan fingerprint density at radius 2 is 0.321 bits per heavy atom. The van der Waals surface area contributed by atoms with Crippen LogP contribution in [0.4, 0.5) is 0 Å². The Bertz CT molecular complexity index is 854. The van der Waals surface area contributed by atoms with Crippen LogP contribution >= 0.6 is 0 Å². The van der Waals surface area contributed by atoms with E-state index in [-0.39, 0.29) is 0 Å². The normalized spacial score (nSPS) is 9.88. The average molecular weight is 608 g/mol. The summed E-state index contributed by atoms with van der Waals surface area (Å²) in [6.07, 6.45) is -31.6. The molecule has 0 aliphatic heterocycles. The lowest BCUT2D eigenvalue weighted by atomic mass is 8.32. The largest absolute Gasteiger partial charge is 0.146 e. The zero-order chi connectivity index (χ0) is 44.6. The fourth-order valence-corrected chi connectivity index (χ4v) is 9.49. The highest BCUT2D eigenvalue weighted by atomic mass is 13.7. The first kappa shape index (κ1) is 59.6. The molecular formula is CHB55. The van der Waals surface area contributed by atoms with Gasteiger partial charge in [0.1, 0.15) is 0 Å². The van der Waals surface area contributed by atoms with Gasteiger partial charge < -0.3 is 0 Å². The Morgan fingerprint density at radius 1 is 0.161 bits per heavy atom. The van der Waals surface area contributed by atoms with Crippen molar-refractivity contribution in [1.82, 2.24) is 0 Å². The number of hydrogen-bond donors (Lipinski definition) is 0. The van der Waals surface area contributed by atoms with Crippen LogP contribution in [0.15, 0.2) is 0 Å². The summed E-state index contributed by atoms with van der Waals surface area (Å²) in [6, 6.07) is 0. The molecule has 0 atom stereocenters. The molecule has 55 heteroatoms. The van der Waals surface area contributed by atoms with Gasteiger partial charge in [-0.1, -0.05) is 0 Å². The van der Waals surface area contributed by atoms with Crippen LogP contribution in [0.3, 0.4) is 0 Å². The highest BCUT2D eigenvalue weighted by Gasteiger charge is 2.61. The Kier molecular flexibility index (Phi) is 28.9. The Hall–Kier alpha value is 3.57. The summed E-state index contributed by atoms with van der Waals surface area (Å²) in [7, 11) is 189. The van der Waals surface area contributed by atoms with E-state index in [0.29, 0.717) is 0 Å². The van der Waals surface area contributed by atoms with Gasteiger partial charge in [0.05, 0.1) is 0 Å². The van der Waals surface area contributed by atoms with Gasteiger partial charge in [-0.25, -0.2) is 0 Å². The third kappa shape index (κ3) is 15.9. The predicted octanol–water partition coefficient (Wildman–Crippen LogP) is -20.6. The van der Waals surface area contributed by atoms with Crippen LogP contribution < -0.4 is 0 Å². The maximum atomic E-state index is 6.87. The molecular weight excluding hydrogens is 607 g/mol. The molecule has 170 valence electrons. The summed E-state index contributed by atoms with van der Waals surface area (Å²) in [4.78, 5) is 0. The maximum absolute atomic E-state index is 6.87. The molecule has 0 unspecified atom stereocenters. The molecule has 58 radical (unpaired) electrons. The lowest BCUT2D eigenvalue weighted by Crippen LogP contribution is -2.90. The van der Waals surface area contributed by atoms with E-state index in [2.05, 4.69) is 0 Å². The summed E-state index contributed by atoms with van der Waals surface area (Å²) < 4.78 is 0. The van der Waals surface area contributed by atoms with E-state index < -0.39 is 172 Å². The topological polar surface area (TPSA) is 0 Å². The number of rotatable bonds is 26. The number of hydrogen-bond acceptors (Lipinski definition) is 0. The van der Waals surface area contributed by atoms with Gasteiger partial charge in [-0.2, -0.15) is 0 Å². The molecule has 0 saturated carbocycles. The summed E-state index contributed by atoms with van der Waals surface area (Å²) >= 11 is 0. The van der Waals surface area contributed by atoms with Crippen molar-refractivity contribution in [3.05, 3.63) is 0 Å². The zero-order valence-corrected chi connectivity index (χ0v) is 32.3. The van der Waals surface area contributed by atoms with E-state index in [0.717, 1.165) is 0 Å². The smallest absolute Gasteiger partial charge is 0.0294 e. The first-order valence-corrected chi connectivity index (χ1v) is 18.3. The molecule has 0 aromatic carbocycles. The molecule has 0 saturated heterocycles. The first-order valence-electron chi connectivity index (χ1n) is 18.3. The van der Waals surface area contributed by atoms with Crippen molar-refractivity contribution < 1.29 is 0 Å². The third-order valence-corrected chi connectivity index (χ3v) is 11.6. The van der Waals surface area contributed by atoms with Crippen molar-refractivity contribution in [2.45, 2.75) is 5.62 Å². The lowest BCUT2D eigenvalue weighted by molar-refractivity contribution is 1.80. The maximum Gasteiger partial charge on any atom is 0.0294 e. The minimum Gasteiger partial charge on any atom is -0.146 e. The second-order valence-corrected chi connectivity index (χ2v) is 15.6. The predicted molar refractivity (Wildman–Crippen MR) is 320 cm³/mol. The SMILES string of the molecule is [B]B([B])B([B])B(B([B])[B])B(B(B(B([B])[B])B([B])[B])B(B([B])[B])B([B])[B])C(B(B(B([B])[B])B([B])[B])B(B([B])[B])B([B])[B])B(B(B([B])[B])B([B])[B])B(B([B])[B])B([B])[B]. The second kappa shape index (κ2) is 27.1. The van der Waals surface area contributed by atoms with Gasteiger partial charge >= 0.3 is 0 Å². The van der Waals surface area contributed by atoms with Crippen molar-refractivity contribution in [1.29, 1.82) is 0 Å². The Labute approximate surface area is 393 Å². The molecule has 0 aliphatic carbocycles. The second-order valence-electron chi connectivity index (χ2n) is 15.6. The lowest BCUT2D eigenvalue weighted by Gasteiger charge is -2.59. The summed E-state index contributed by atoms with van der Waals surface area (Å²) in [5, 5.41) is 0. The molecule has 0 nitrogen and oxygen atoms in total. The van der Waals surface area contributed by atoms with E-state index in [1.807, 2.05) is 0 Å². The molecule has 0 heterocycles. The molecule has 0 rings (SSSR count).